The van der Waals surface area contributed by atoms with Crippen molar-refractivity contribution in [3.8, 4) is 5.75 Å². The van der Waals surface area contributed by atoms with E-state index in [1.807, 2.05) is 0 Å². The summed E-state index contributed by atoms with van der Waals surface area (Å²) in [6.07, 6.45) is 2.78. The van der Waals surface area contributed by atoms with Crippen molar-refractivity contribution < 1.29 is 14.5 Å². The number of carbonyl (C=O) groups is 1. The first kappa shape index (κ1) is 16.5. The monoisotopic (exact) mass is 332 g/mol. The van der Waals surface area contributed by atoms with Gasteiger partial charge < -0.3 is 10.1 Å². The van der Waals surface area contributed by atoms with Crippen molar-refractivity contribution >= 4 is 35.0 Å². The number of hydrogen-bond donors (Lipinski definition) is 1. The number of methoxy groups -OCH3 is 1. The Hall–Kier alpha value is -2.86. The van der Waals surface area contributed by atoms with E-state index < -0.39 is 4.92 Å². The highest BCUT2D eigenvalue weighted by atomic mass is 35.5. The van der Waals surface area contributed by atoms with Gasteiger partial charge in [-0.25, -0.2) is 0 Å². The fourth-order valence-electron chi connectivity index (χ4n) is 1.84. The average molecular weight is 333 g/mol. The Labute approximate surface area is 137 Å². The van der Waals surface area contributed by atoms with Crippen molar-refractivity contribution in [1.29, 1.82) is 0 Å². The van der Waals surface area contributed by atoms with Crippen molar-refractivity contribution in [3.63, 3.8) is 0 Å². The van der Waals surface area contributed by atoms with Gasteiger partial charge in [-0.05, 0) is 29.8 Å². The molecule has 1 N–H and O–H groups in total. The van der Waals surface area contributed by atoms with E-state index in [1.165, 1.54) is 31.4 Å². The summed E-state index contributed by atoms with van der Waals surface area (Å²) in [5.41, 5.74) is 1.04. The number of nitrogens with one attached hydrogen (secondary N) is 1. The fraction of sp³-hybridized carbons (Fsp3) is 0.0625. The molecule has 0 spiro atoms. The minimum atomic E-state index is -0.489. The Bertz CT molecular complexity index is 774. The zero-order valence-electron chi connectivity index (χ0n) is 12.2. The third kappa shape index (κ3) is 4.55. The lowest BCUT2D eigenvalue weighted by atomic mass is 10.2. The van der Waals surface area contributed by atoms with Crippen LogP contribution in [0.1, 0.15) is 5.56 Å². The minimum Gasteiger partial charge on any atom is -0.495 e. The second kappa shape index (κ2) is 7.42. The number of nitro groups is 1. The SMILES string of the molecule is COc1ccc(NC(=O)C=Cc2cccc([N+](=O)[O-])c2)cc1Cl. The summed E-state index contributed by atoms with van der Waals surface area (Å²) in [5, 5.41) is 13.7. The molecule has 0 aliphatic heterocycles. The molecule has 0 bridgehead atoms. The first-order chi connectivity index (χ1) is 11.0. The molecule has 0 aromatic heterocycles. The maximum absolute atomic E-state index is 11.9. The van der Waals surface area contributed by atoms with Gasteiger partial charge >= 0.3 is 0 Å². The van der Waals surface area contributed by atoms with Gasteiger partial charge in [0.2, 0.25) is 5.91 Å². The molecule has 0 aliphatic rings. The summed E-state index contributed by atoms with van der Waals surface area (Å²) < 4.78 is 5.03. The standard InChI is InChI=1S/C16H13ClN2O4/c1-23-15-7-6-12(10-14(15)17)18-16(20)8-5-11-3-2-4-13(9-11)19(21)22/h2-10H,1H3,(H,18,20). The van der Waals surface area contributed by atoms with Crippen molar-refractivity contribution in [2.75, 3.05) is 12.4 Å². The third-order valence-corrected chi connectivity index (χ3v) is 3.22. The minimum absolute atomic E-state index is 0.0329. The van der Waals surface area contributed by atoms with Crippen LogP contribution in [0.3, 0.4) is 0 Å². The molecule has 1 amide bonds. The van der Waals surface area contributed by atoms with Crippen LogP contribution in [0, 0.1) is 10.1 Å². The molecule has 0 atom stereocenters. The van der Waals surface area contributed by atoms with Crippen LogP contribution in [0.2, 0.25) is 5.02 Å². The van der Waals surface area contributed by atoms with Gasteiger partial charge in [0.15, 0.2) is 0 Å². The number of halogens is 1. The zero-order valence-corrected chi connectivity index (χ0v) is 12.9. The lowest BCUT2D eigenvalue weighted by Gasteiger charge is -2.06. The molecule has 0 fully saturated rings. The number of carbonyl (C=O) groups excluding carboxylic acids is 1. The van der Waals surface area contributed by atoms with E-state index in [2.05, 4.69) is 5.32 Å². The van der Waals surface area contributed by atoms with E-state index in [-0.39, 0.29) is 11.6 Å². The topological polar surface area (TPSA) is 81.5 Å². The number of hydrogen-bond acceptors (Lipinski definition) is 4. The summed E-state index contributed by atoms with van der Waals surface area (Å²) in [7, 11) is 1.50. The number of nitro benzene ring substituents is 1. The molecule has 0 aliphatic carbocycles. The number of benzene rings is 2. The predicted octanol–water partition coefficient (Wildman–Crippen LogP) is 3.91. The van der Waals surface area contributed by atoms with E-state index in [1.54, 1.807) is 30.3 Å². The summed E-state index contributed by atoms with van der Waals surface area (Å²) in [4.78, 5) is 22.1. The molecular formula is C16H13ClN2O4. The van der Waals surface area contributed by atoms with Crippen LogP contribution in [0.15, 0.2) is 48.5 Å². The molecule has 0 saturated carbocycles. The summed E-state index contributed by atoms with van der Waals surface area (Å²) in [6.45, 7) is 0. The maximum atomic E-state index is 11.9. The molecule has 23 heavy (non-hydrogen) atoms. The van der Waals surface area contributed by atoms with Gasteiger partial charge in [-0.3, -0.25) is 14.9 Å². The molecule has 6 nitrogen and oxygen atoms in total. The van der Waals surface area contributed by atoms with E-state index in [0.717, 1.165) is 0 Å². The maximum Gasteiger partial charge on any atom is 0.270 e. The summed E-state index contributed by atoms with van der Waals surface area (Å²) >= 11 is 5.97. The van der Waals surface area contributed by atoms with Crippen LogP contribution in [-0.4, -0.2) is 17.9 Å². The zero-order chi connectivity index (χ0) is 16.8. The second-order valence-electron chi connectivity index (χ2n) is 4.52. The molecule has 118 valence electrons. The van der Waals surface area contributed by atoms with Gasteiger partial charge in [-0.15, -0.1) is 0 Å². The number of rotatable bonds is 5. The van der Waals surface area contributed by atoms with E-state index in [9.17, 15) is 14.9 Å². The highest BCUT2D eigenvalue weighted by Crippen LogP contribution is 2.27. The van der Waals surface area contributed by atoms with Crippen LogP contribution >= 0.6 is 11.6 Å². The molecule has 2 rings (SSSR count). The smallest absolute Gasteiger partial charge is 0.270 e. The van der Waals surface area contributed by atoms with Crippen molar-refractivity contribution in [1.82, 2.24) is 0 Å². The lowest BCUT2D eigenvalue weighted by Crippen LogP contribution is -2.07. The van der Waals surface area contributed by atoms with Gasteiger partial charge in [0, 0.05) is 23.9 Å². The molecule has 0 saturated heterocycles. The molecule has 7 heteroatoms. The van der Waals surface area contributed by atoms with Crippen molar-refractivity contribution in [2.24, 2.45) is 0 Å². The summed E-state index contributed by atoms with van der Waals surface area (Å²) in [5.74, 6) is 0.134. The summed E-state index contributed by atoms with van der Waals surface area (Å²) in [6, 6.07) is 10.9. The van der Waals surface area contributed by atoms with Gasteiger partial charge in [0.05, 0.1) is 17.1 Å². The largest absolute Gasteiger partial charge is 0.495 e. The number of ether oxygens (including phenoxy) is 1. The highest BCUT2D eigenvalue weighted by Gasteiger charge is 2.05. The highest BCUT2D eigenvalue weighted by molar-refractivity contribution is 6.32. The van der Waals surface area contributed by atoms with Gasteiger partial charge in [-0.2, -0.15) is 0 Å². The van der Waals surface area contributed by atoms with Crippen LogP contribution < -0.4 is 10.1 Å². The second-order valence-corrected chi connectivity index (χ2v) is 4.93. The molecule has 0 heterocycles. The van der Waals surface area contributed by atoms with Gasteiger partial charge in [0.1, 0.15) is 5.75 Å². The fourth-order valence-corrected chi connectivity index (χ4v) is 2.10. The first-order valence-electron chi connectivity index (χ1n) is 6.56. The van der Waals surface area contributed by atoms with Gasteiger partial charge in [0.25, 0.3) is 5.69 Å². The van der Waals surface area contributed by atoms with E-state index >= 15 is 0 Å². The normalized spacial score (nSPS) is 10.5. The Morgan fingerprint density at radius 2 is 2.09 bits per heavy atom. The number of amides is 1. The average Bonchev–Trinajstić information content (AvgIpc) is 2.53. The third-order valence-electron chi connectivity index (χ3n) is 2.93. The van der Waals surface area contributed by atoms with Crippen LogP contribution in [0.5, 0.6) is 5.75 Å². The quantitative estimate of drug-likeness (QED) is 0.511. The Balaban J connectivity index is 2.05. The Morgan fingerprint density at radius 3 is 2.74 bits per heavy atom. The predicted molar refractivity (Wildman–Crippen MR) is 88.8 cm³/mol. The van der Waals surface area contributed by atoms with Crippen LogP contribution in [0.4, 0.5) is 11.4 Å². The molecular weight excluding hydrogens is 320 g/mol. The number of nitrogens with zero attached hydrogens (tertiary/aromatic N) is 1. The molecule has 2 aromatic rings. The van der Waals surface area contributed by atoms with E-state index in [4.69, 9.17) is 16.3 Å². The van der Waals surface area contributed by atoms with Crippen LogP contribution in [0.25, 0.3) is 6.08 Å². The van der Waals surface area contributed by atoms with Gasteiger partial charge in [-0.1, -0.05) is 23.7 Å². The first-order valence-corrected chi connectivity index (χ1v) is 6.94. The lowest BCUT2D eigenvalue weighted by molar-refractivity contribution is -0.384. The Kier molecular flexibility index (Phi) is 5.32. The van der Waals surface area contributed by atoms with Crippen LogP contribution in [-0.2, 0) is 4.79 Å². The molecule has 0 radical (unpaired) electrons. The number of non-ortho nitro benzene ring substituents is 1. The van der Waals surface area contributed by atoms with Crippen molar-refractivity contribution in [3.05, 3.63) is 69.2 Å². The van der Waals surface area contributed by atoms with E-state index in [0.29, 0.717) is 22.0 Å². The van der Waals surface area contributed by atoms with Crippen molar-refractivity contribution in [2.45, 2.75) is 0 Å². The molecule has 0 unspecified atom stereocenters. The number of anilines is 1. The molecule has 2 aromatic carbocycles. The Morgan fingerprint density at radius 1 is 1.30 bits per heavy atom.